The summed E-state index contributed by atoms with van der Waals surface area (Å²) in [6.07, 6.45) is 0. The first kappa shape index (κ1) is 17.5. The number of hydrogen-bond donors (Lipinski definition) is 1. The van der Waals surface area contributed by atoms with Gasteiger partial charge in [-0.2, -0.15) is 9.36 Å². The predicted octanol–water partition coefficient (Wildman–Crippen LogP) is 4.11. The molecular weight excluding hydrogens is 428 g/mol. The van der Waals surface area contributed by atoms with Gasteiger partial charge in [-0.25, -0.2) is 4.68 Å². The molecule has 1 amide bonds. The number of anilines is 1. The molecule has 9 heteroatoms. The Bertz CT molecular complexity index is 1110. The second-order valence-electron chi connectivity index (χ2n) is 5.63. The molecule has 0 aliphatic heterocycles. The van der Waals surface area contributed by atoms with Crippen molar-refractivity contribution in [3.8, 4) is 17.2 Å². The highest BCUT2D eigenvalue weighted by Crippen LogP contribution is 2.26. The fourth-order valence-corrected chi connectivity index (χ4v) is 3.54. The van der Waals surface area contributed by atoms with Gasteiger partial charge in [0.25, 0.3) is 5.91 Å². The Hall–Kier alpha value is -2.91. The number of halogens is 1. The summed E-state index contributed by atoms with van der Waals surface area (Å²) >= 11 is 4.63. The molecule has 0 saturated carbocycles. The van der Waals surface area contributed by atoms with E-state index in [1.54, 1.807) is 16.8 Å². The monoisotopic (exact) mass is 440 g/mol. The quantitative estimate of drug-likeness (QED) is 0.515. The zero-order valence-corrected chi connectivity index (χ0v) is 16.5. The summed E-state index contributed by atoms with van der Waals surface area (Å²) in [5.41, 5.74) is 2.81. The number of hydrogen-bond acceptors (Lipinski definition) is 6. The van der Waals surface area contributed by atoms with Crippen LogP contribution in [0.1, 0.15) is 16.1 Å². The van der Waals surface area contributed by atoms with Crippen LogP contribution < -0.4 is 5.32 Å². The average Bonchev–Trinajstić information content (AvgIpc) is 3.29. The van der Waals surface area contributed by atoms with Crippen LogP contribution in [0.15, 0.2) is 59.1 Å². The first-order valence-corrected chi connectivity index (χ1v) is 9.58. The summed E-state index contributed by atoms with van der Waals surface area (Å²) in [5.74, 6) is 0.200. The van der Waals surface area contributed by atoms with E-state index in [-0.39, 0.29) is 5.91 Å². The maximum atomic E-state index is 12.2. The lowest BCUT2D eigenvalue weighted by Crippen LogP contribution is -2.11. The molecule has 4 aromatic rings. The smallest absolute Gasteiger partial charge is 0.257 e. The van der Waals surface area contributed by atoms with E-state index in [9.17, 15) is 4.79 Å². The average molecular weight is 441 g/mol. The van der Waals surface area contributed by atoms with Crippen LogP contribution >= 0.6 is 27.5 Å². The van der Waals surface area contributed by atoms with Gasteiger partial charge in [-0.15, -0.1) is 5.10 Å². The number of benzene rings is 2. The first-order valence-electron chi connectivity index (χ1n) is 8.01. The van der Waals surface area contributed by atoms with Gasteiger partial charge in [-0.1, -0.05) is 35.5 Å². The number of carbonyl (C=O) groups is 1. The SMILES string of the molecule is Cc1c(-c2nsc(NC(=O)c3ccccc3)n2)nnn1-c1ccccc1Br. The van der Waals surface area contributed by atoms with Gasteiger partial charge in [-0.05, 0) is 47.1 Å². The first-order chi connectivity index (χ1) is 13.1. The number of rotatable bonds is 4. The summed E-state index contributed by atoms with van der Waals surface area (Å²) in [5, 5.41) is 11.6. The molecule has 2 heterocycles. The van der Waals surface area contributed by atoms with Crippen LogP contribution in [0, 0.1) is 6.92 Å². The van der Waals surface area contributed by atoms with Crippen molar-refractivity contribution in [2.75, 3.05) is 5.32 Å². The molecule has 0 bridgehead atoms. The molecule has 0 aliphatic rings. The van der Waals surface area contributed by atoms with Crippen molar-refractivity contribution in [1.82, 2.24) is 24.4 Å². The Morgan fingerprint density at radius 2 is 1.85 bits per heavy atom. The van der Waals surface area contributed by atoms with Gasteiger partial charge in [0.2, 0.25) is 5.13 Å². The zero-order valence-electron chi connectivity index (χ0n) is 14.1. The standard InChI is InChI=1S/C18H13BrN6OS/c1-11-15(22-24-25(11)14-10-6-5-9-13(14)19)16-20-18(27-23-16)21-17(26)12-7-3-2-4-8-12/h2-10H,1H3,(H,20,21,23,26). The van der Waals surface area contributed by atoms with E-state index in [0.29, 0.717) is 22.2 Å². The molecule has 1 N–H and O–H groups in total. The summed E-state index contributed by atoms with van der Waals surface area (Å²) in [7, 11) is 0. The third kappa shape index (κ3) is 3.51. The fourth-order valence-electron chi connectivity index (χ4n) is 2.52. The second-order valence-corrected chi connectivity index (χ2v) is 7.24. The predicted molar refractivity (Wildman–Crippen MR) is 107 cm³/mol. The largest absolute Gasteiger partial charge is 0.297 e. The molecule has 27 heavy (non-hydrogen) atoms. The number of amides is 1. The summed E-state index contributed by atoms with van der Waals surface area (Å²) in [4.78, 5) is 16.6. The van der Waals surface area contributed by atoms with Crippen LogP contribution in [-0.4, -0.2) is 30.3 Å². The molecular formula is C18H13BrN6OS. The Kier molecular flexibility index (Phi) is 4.78. The van der Waals surface area contributed by atoms with Crippen molar-refractivity contribution in [2.24, 2.45) is 0 Å². The summed E-state index contributed by atoms with van der Waals surface area (Å²) in [6.45, 7) is 1.90. The molecule has 2 aromatic carbocycles. The third-order valence-corrected chi connectivity index (χ3v) is 5.17. The molecule has 0 aliphatic carbocycles. The number of aromatic nitrogens is 5. The number of carbonyl (C=O) groups excluding carboxylic acids is 1. The molecule has 7 nitrogen and oxygen atoms in total. The van der Waals surface area contributed by atoms with E-state index in [4.69, 9.17) is 0 Å². The maximum absolute atomic E-state index is 12.2. The van der Waals surface area contributed by atoms with Gasteiger partial charge in [0.1, 0.15) is 0 Å². The Balaban J connectivity index is 1.59. The lowest BCUT2D eigenvalue weighted by molar-refractivity contribution is 0.102. The van der Waals surface area contributed by atoms with Crippen molar-refractivity contribution in [3.63, 3.8) is 0 Å². The molecule has 2 aromatic heterocycles. The van der Waals surface area contributed by atoms with E-state index in [1.165, 1.54) is 0 Å². The topological polar surface area (TPSA) is 85.6 Å². The molecule has 0 unspecified atom stereocenters. The highest BCUT2D eigenvalue weighted by molar-refractivity contribution is 9.10. The van der Waals surface area contributed by atoms with Crippen LogP contribution in [-0.2, 0) is 0 Å². The van der Waals surface area contributed by atoms with Crippen molar-refractivity contribution in [3.05, 3.63) is 70.3 Å². The number of nitrogens with one attached hydrogen (secondary N) is 1. The highest BCUT2D eigenvalue weighted by atomic mass is 79.9. The molecule has 0 atom stereocenters. The van der Waals surface area contributed by atoms with Crippen molar-refractivity contribution < 1.29 is 4.79 Å². The minimum absolute atomic E-state index is 0.230. The summed E-state index contributed by atoms with van der Waals surface area (Å²) in [6, 6.07) is 16.7. The lowest BCUT2D eigenvalue weighted by atomic mass is 10.2. The Morgan fingerprint density at radius 1 is 1.11 bits per heavy atom. The van der Waals surface area contributed by atoms with Crippen LogP contribution in [0.25, 0.3) is 17.2 Å². The van der Waals surface area contributed by atoms with E-state index in [2.05, 4.69) is 40.9 Å². The Morgan fingerprint density at radius 3 is 2.63 bits per heavy atom. The van der Waals surface area contributed by atoms with E-state index in [0.717, 1.165) is 27.4 Å². The molecule has 0 saturated heterocycles. The molecule has 0 fully saturated rings. The maximum Gasteiger partial charge on any atom is 0.257 e. The van der Waals surface area contributed by atoms with Crippen LogP contribution in [0.4, 0.5) is 5.13 Å². The van der Waals surface area contributed by atoms with Gasteiger partial charge < -0.3 is 0 Å². The van der Waals surface area contributed by atoms with Crippen LogP contribution in [0.2, 0.25) is 0 Å². The minimum atomic E-state index is -0.230. The molecule has 0 spiro atoms. The second kappa shape index (κ2) is 7.37. The van der Waals surface area contributed by atoms with E-state index in [1.807, 2.05) is 49.4 Å². The molecule has 4 rings (SSSR count). The number of para-hydroxylation sites is 1. The minimum Gasteiger partial charge on any atom is -0.297 e. The normalized spacial score (nSPS) is 10.7. The number of nitrogens with zero attached hydrogens (tertiary/aromatic N) is 5. The third-order valence-electron chi connectivity index (χ3n) is 3.87. The van der Waals surface area contributed by atoms with Gasteiger partial charge in [0.05, 0.1) is 11.4 Å². The highest BCUT2D eigenvalue weighted by Gasteiger charge is 2.18. The van der Waals surface area contributed by atoms with Crippen molar-refractivity contribution in [1.29, 1.82) is 0 Å². The zero-order chi connectivity index (χ0) is 18.8. The van der Waals surface area contributed by atoms with Crippen molar-refractivity contribution >= 4 is 38.5 Å². The van der Waals surface area contributed by atoms with E-state index >= 15 is 0 Å². The summed E-state index contributed by atoms with van der Waals surface area (Å²) < 4.78 is 6.95. The van der Waals surface area contributed by atoms with Gasteiger partial charge in [-0.3, -0.25) is 10.1 Å². The molecule has 0 radical (unpaired) electrons. The fraction of sp³-hybridized carbons (Fsp3) is 0.0556. The van der Waals surface area contributed by atoms with Crippen molar-refractivity contribution in [2.45, 2.75) is 6.92 Å². The Labute approximate surface area is 167 Å². The molecule has 134 valence electrons. The lowest BCUT2D eigenvalue weighted by Gasteiger charge is -2.05. The van der Waals surface area contributed by atoms with Gasteiger partial charge >= 0.3 is 0 Å². The van der Waals surface area contributed by atoms with Gasteiger partial charge in [0, 0.05) is 21.6 Å². The van der Waals surface area contributed by atoms with Crippen LogP contribution in [0.3, 0.4) is 0 Å². The van der Waals surface area contributed by atoms with Gasteiger partial charge in [0.15, 0.2) is 11.5 Å². The van der Waals surface area contributed by atoms with Crippen LogP contribution in [0.5, 0.6) is 0 Å². The van der Waals surface area contributed by atoms with E-state index < -0.39 is 0 Å².